The fourth-order valence-corrected chi connectivity index (χ4v) is 1.52. The first-order valence-electron chi connectivity index (χ1n) is 5.88. The maximum atomic E-state index is 10.3. The summed E-state index contributed by atoms with van der Waals surface area (Å²) in [6.45, 7) is 4.62. The van der Waals surface area contributed by atoms with Crippen molar-refractivity contribution in [2.24, 2.45) is 0 Å². The van der Waals surface area contributed by atoms with Crippen LogP contribution in [0.4, 0.5) is 0 Å². The third kappa shape index (κ3) is 7.78. The summed E-state index contributed by atoms with van der Waals surface area (Å²) in [4.78, 5) is 0. The lowest BCUT2D eigenvalue weighted by Gasteiger charge is -2.09. The molecule has 0 radical (unpaired) electrons. The maximum absolute atomic E-state index is 10.3. The molecule has 1 aromatic carbocycles. The highest BCUT2D eigenvalue weighted by molar-refractivity contribution is 7.74. The number of hydrogen-bond acceptors (Lipinski definition) is 6. The summed E-state index contributed by atoms with van der Waals surface area (Å²) in [6, 6.07) is 6.28. The van der Waals surface area contributed by atoms with Gasteiger partial charge < -0.3 is 22.9 Å². The third-order valence-electron chi connectivity index (χ3n) is 2.06. The van der Waals surface area contributed by atoms with Crippen molar-refractivity contribution in [1.82, 2.24) is 0 Å². The van der Waals surface area contributed by atoms with Crippen LogP contribution in [-0.2, 0) is 20.8 Å². The molecular formula is C12H17O6S-. The minimum atomic E-state index is -2.56. The number of rotatable bonds is 10. The van der Waals surface area contributed by atoms with E-state index in [2.05, 4.69) is 4.18 Å². The minimum Gasteiger partial charge on any atom is -0.740 e. The molecule has 0 saturated carbocycles. The van der Waals surface area contributed by atoms with Crippen molar-refractivity contribution in [3.63, 3.8) is 0 Å². The second-order valence-corrected chi connectivity index (χ2v) is 3.99. The monoisotopic (exact) mass is 289 g/mol. The van der Waals surface area contributed by atoms with Crippen LogP contribution in [0.1, 0.15) is 6.92 Å². The Morgan fingerprint density at radius 2 is 1.58 bits per heavy atom. The van der Waals surface area contributed by atoms with Gasteiger partial charge in [0.1, 0.15) is 29.5 Å². The van der Waals surface area contributed by atoms with Gasteiger partial charge in [-0.05, 0) is 31.2 Å². The largest absolute Gasteiger partial charge is 0.740 e. The number of benzene rings is 1. The summed E-state index contributed by atoms with van der Waals surface area (Å²) in [5, 5.41) is 0. The molecule has 19 heavy (non-hydrogen) atoms. The molecule has 7 heteroatoms. The summed E-state index contributed by atoms with van der Waals surface area (Å²) in [6.07, 6.45) is 0. The zero-order valence-corrected chi connectivity index (χ0v) is 11.5. The Balaban J connectivity index is 2.14. The highest BCUT2D eigenvalue weighted by atomic mass is 32.2. The summed E-state index contributed by atoms with van der Waals surface area (Å²) < 4.78 is 40.8. The lowest BCUT2D eigenvalue weighted by Crippen LogP contribution is -2.10. The predicted molar refractivity (Wildman–Crippen MR) is 68.8 cm³/mol. The van der Waals surface area contributed by atoms with Crippen LogP contribution in [-0.4, -0.2) is 41.8 Å². The lowest BCUT2D eigenvalue weighted by atomic mass is 10.3. The first kappa shape index (κ1) is 15.9. The third-order valence-corrected chi connectivity index (χ3v) is 2.39. The van der Waals surface area contributed by atoms with Crippen molar-refractivity contribution < 1.29 is 27.2 Å². The van der Waals surface area contributed by atoms with E-state index < -0.39 is 11.4 Å². The Labute approximate surface area is 115 Å². The van der Waals surface area contributed by atoms with Gasteiger partial charge in [0.2, 0.25) is 0 Å². The zero-order chi connectivity index (χ0) is 13.9. The highest BCUT2D eigenvalue weighted by Gasteiger charge is 1.97. The average Bonchev–Trinajstić information content (AvgIpc) is 2.39. The molecule has 0 aromatic heterocycles. The summed E-state index contributed by atoms with van der Waals surface area (Å²) >= 11 is -2.56. The summed E-state index contributed by atoms with van der Waals surface area (Å²) in [7, 11) is 0. The van der Waals surface area contributed by atoms with Crippen LogP contribution in [0.3, 0.4) is 0 Å². The van der Waals surface area contributed by atoms with Gasteiger partial charge >= 0.3 is 0 Å². The van der Waals surface area contributed by atoms with E-state index in [1.54, 1.807) is 12.1 Å². The van der Waals surface area contributed by atoms with Crippen LogP contribution in [0.25, 0.3) is 0 Å². The van der Waals surface area contributed by atoms with Gasteiger partial charge in [-0.25, -0.2) is 4.21 Å². The SMILES string of the molecule is CCOCCOCCOc1ccc(OS(=O)[O-])cc1. The van der Waals surface area contributed by atoms with E-state index in [0.29, 0.717) is 38.8 Å². The molecule has 1 rings (SSSR count). The van der Waals surface area contributed by atoms with Gasteiger partial charge in [-0.15, -0.1) is 0 Å². The molecular weight excluding hydrogens is 272 g/mol. The van der Waals surface area contributed by atoms with Crippen molar-refractivity contribution in [1.29, 1.82) is 0 Å². The quantitative estimate of drug-likeness (QED) is 0.477. The first-order valence-corrected chi connectivity index (χ1v) is 6.88. The van der Waals surface area contributed by atoms with Gasteiger partial charge in [0.25, 0.3) is 0 Å². The normalized spacial score (nSPS) is 12.1. The fraction of sp³-hybridized carbons (Fsp3) is 0.500. The first-order chi connectivity index (χ1) is 9.22. The Bertz CT molecular complexity index is 367. The molecule has 0 heterocycles. The Kier molecular flexibility index (Phi) is 8.15. The van der Waals surface area contributed by atoms with Crippen LogP contribution < -0.4 is 8.92 Å². The fourth-order valence-electron chi connectivity index (χ4n) is 1.25. The van der Waals surface area contributed by atoms with Crippen molar-refractivity contribution >= 4 is 11.4 Å². The van der Waals surface area contributed by atoms with Crippen molar-refractivity contribution in [2.75, 3.05) is 33.0 Å². The second kappa shape index (κ2) is 9.74. The molecule has 0 bridgehead atoms. The van der Waals surface area contributed by atoms with E-state index in [1.165, 1.54) is 12.1 Å². The Morgan fingerprint density at radius 3 is 2.21 bits per heavy atom. The second-order valence-electron chi connectivity index (χ2n) is 3.42. The van der Waals surface area contributed by atoms with Crippen molar-refractivity contribution in [3.8, 4) is 11.5 Å². The molecule has 0 fully saturated rings. The predicted octanol–water partition coefficient (Wildman–Crippen LogP) is 1.29. The summed E-state index contributed by atoms with van der Waals surface area (Å²) in [5.41, 5.74) is 0. The molecule has 0 spiro atoms. The number of ether oxygens (including phenoxy) is 3. The molecule has 1 aromatic rings. The van der Waals surface area contributed by atoms with Crippen molar-refractivity contribution in [3.05, 3.63) is 24.3 Å². The Morgan fingerprint density at radius 1 is 1.00 bits per heavy atom. The van der Waals surface area contributed by atoms with Crippen molar-refractivity contribution in [2.45, 2.75) is 6.92 Å². The molecule has 0 saturated heterocycles. The van der Waals surface area contributed by atoms with Crippen LogP contribution in [0.15, 0.2) is 24.3 Å². The standard InChI is InChI=1S/C12H18O6S/c1-2-15-7-8-16-9-10-17-11-3-5-12(6-4-11)18-19(13)14/h3-6H,2,7-10H2,1H3,(H,13,14)/p-1. The van der Waals surface area contributed by atoms with E-state index in [1.807, 2.05) is 6.92 Å². The average molecular weight is 289 g/mol. The highest BCUT2D eigenvalue weighted by Crippen LogP contribution is 2.17. The number of hydrogen-bond donors (Lipinski definition) is 0. The van der Waals surface area contributed by atoms with Crippen LogP contribution in [0.2, 0.25) is 0 Å². The van der Waals surface area contributed by atoms with E-state index in [9.17, 15) is 8.76 Å². The topological polar surface area (TPSA) is 77.0 Å². The van der Waals surface area contributed by atoms with Gasteiger partial charge in [-0.1, -0.05) is 0 Å². The van der Waals surface area contributed by atoms with E-state index >= 15 is 0 Å². The van der Waals surface area contributed by atoms with Gasteiger partial charge in [0.15, 0.2) is 0 Å². The van der Waals surface area contributed by atoms with Gasteiger partial charge in [-0.3, -0.25) is 0 Å². The zero-order valence-electron chi connectivity index (χ0n) is 10.7. The van der Waals surface area contributed by atoms with E-state index in [4.69, 9.17) is 14.2 Å². The lowest BCUT2D eigenvalue weighted by molar-refractivity contribution is 0.0405. The smallest absolute Gasteiger partial charge is 0.139 e. The van der Waals surface area contributed by atoms with Gasteiger partial charge in [0.05, 0.1) is 19.8 Å². The van der Waals surface area contributed by atoms with Crippen LogP contribution in [0, 0.1) is 0 Å². The maximum Gasteiger partial charge on any atom is 0.139 e. The molecule has 0 aliphatic carbocycles. The molecule has 6 nitrogen and oxygen atoms in total. The molecule has 108 valence electrons. The minimum absolute atomic E-state index is 0.244. The van der Waals surface area contributed by atoms with Gasteiger partial charge in [0, 0.05) is 6.61 Å². The molecule has 0 aliphatic rings. The Hall–Kier alpha value is -1.15. The molecule has 0 N–H and O–H groups in total. The van der Waals surface area contributed by atoms with E-state index in [-0.39, 0.29) is 5.75 Å². The molecule has 0 aliphatic heterocycles. The summed E-state index contributed by atoms with van der Waals surface area (Å²) in [5.74, 6) is 0.867. The molecule has 0 amide bonds. The van der Waals surface area contributed by atoms with Gasteiger partial charge in [-0.2, -0.15) is 0 Å². The van der Waals surface area contributed by atoms with E-state index in [0.717, 1.165) is 0 Å². The van der Waals surface area contributed by atoms with Crippen LogP contribution in [0.5, 0.6) is 11.5 Å². The molecule has 1 atom stereocenters. The van der Waals surface area contributed by atoms with Crippen LogP contribution >= 0.6 is 0 Å². The molecule has 1 unspecified atom stereocenters.